The number of aliphatic hydroxyl groups excluding tert-OH is 2. The first kappa shape index (κ1) is 45.5. The molecule has 7 atom stereocenters. The summed E-state index contributed by atoms with van der Waals surface area (Å²) in [4.78, 5) is 25.7. The third-order valence-electron chi connectivity index (χ3n) is 13.4. The van der Waals surface area contributed by atoms with Crippen LogP contribution in [-0.4, -0.2) is 102 Å². The summed E-state index contributed by atoms with van der Waals surface area (Å²) >= 11 is 0. The maximum atomic E-state index is 15.3. The van der Waals surface area contributed by atoms with Crippen molar-refractivity contribution in [2.45, 2.75) is 94.8 Å². The van der Waals surface area contributed by atoms with E-state index in [0.29, 0.717) is 60.6 Å². The maximum absolute atomic E-state index is 15.3. The predicted molar refractivity (Wildman–Crippen MR) is 239 cm³/mol. The highest BCUT2D eigenvalue weighted by Gasteiger charge is 2.65. The molecule has 2 saturated heterocycles. The smallest absolute Gasteiger partial charge is 0.254 e. The Morgan fingerprint density at radius 3 is 2.52 bits per heavy atom. The molecular weight excluding hydrogens is 816 g/mol. The lowest BCUT2D eigenvalue weighted by atomic mass is 9.55. The zero-order chi connectivity index (χ0) is 44.5. The van der Waals surface area contributed by atoms with Gasteiger partial charge in [-0.15, -0.1) is 6.58 Å². The Morgan fingerprint density at radius 1 is 1.03 bits per heavy atom. The number of hydrogen-bond acceptors (Lipinski definition) is 11. The lowest BCUT2D eigenvalue weighted by Crippen LogP contribution is -2.70. The van der Waals surface area contributed by atoms with Crippen molar-refractivity contribution >= 4 is 11.6 Å². The van der Waals surface area contributed by atoms with Crippen molar-refractivity contribution < 1.29 is 43.2 Å². The fraction of sp³-hybridized carbons (Fsp3) is 0.510. The fourth-order valence-corrected chi connectivity index (χ4v) is 10.2. The molecule has 3 heterocycles. The van der Waals surface area contributed by atoms with E-state index in [-0.39, 0.29) is 56.4 Å². The Balaban J connectivity index is 1.34. The zero-order valence-electron chi connectivity index (χ0n) is 36.6. The first-order chi connectivity index (χ1) is 31.3. The molecule has 0 bridgehead atoms. The van der Waals surface area contributed by atoms with E-state index in [1.165, 1.54) is 12.1 Å². The first-order valence-corrected chi connectivity index (χ1v) is 23.1. The van der Waals surface area contributed by atoms with E-state index < -0.39 is 29.9 Å². The van der Waals surface area contributed by atoms with Gasteiger partial charge in [0.05, 0.1) is 36.5 Å². The van der Waals surface area contributed by atoms with Crippen LogP contribution in [0.3, 0.4) is 0 Å². The minimum Gasteiger partial charge on any atom is -0.492 e. The van der Waals surface area contributed by atoms with E-state index in [1.54, 1.807) is 47.4 Å². The van der Waals surface area contributed by atoms with Crippen molar-refractivity contribution in [2.75, 3.05) is 52.7 Å². The van der Waals surface area contributed by atoms with Gasteiger partial charge >= 0.3 is 0 Å². The monoisotopic (exact) mass is 876 g/mol. The van der Waals surface area contributed by atoms with E-state index in [4.69, 9.17) is 28.9 Å². The van der Waals surface area contributed by atoms with Gasteiger partial charge in [-0.25, -0.2) is 4.39 Å². The molecule has 1 amide bonds. The summed E-state index contributed by atoms with van der Waals surface area (Å²) in [5.74, 6) is -1.56. The highest BCUT2D eigenvalue weighted by Crippen LogP contribution is 2.62. The molecule has 64 heavy (non-hydrogen) atoms. The molecule has 340 valence electrons. The number of allylic oxidation sites excluding steroid dienone is 1. The Kier molecular flexibility index (Phi) is 15.1. The summed E-state index contributed by atoms with van der Waals surface area (Å²) in [7, 11) is 0. The largest absolute Gasteiger partial charge is 0.492 e. The number of nitrogens with zero attached hydrogens (tertiary/aromatic N) is 4. The second-order valence-electron chi connectivity index (χ2n) is 17.6. The second kappa shape index (κ2) is 21.3. The lowest BCUT2D eigenvalue weighted by molar-refractivity contribution is -0.255. The Morgan fingerprint density at radius 2 is 1.81 bits per heavy atom. The standard InChI is InChI=1S/C51H61FN4O8/c1-2-27-62-51-46(56(34-36-14-18-39(52)19-15-36)50(59)37-16-12-35(33-53)13-17-37)32-44(54-64-47-11-5-8-28-61-47)42-30-38(9-3-6-25-57)41(10-4-7-26-58)48(49(42)51)43-31-40(20-21-45(43)63-51)60-29-24-55-22-23-55/h2,12-21,30-31,38,41,46-49,57-58H,1,3-11,22-29,32,34H2. The molecule has 2 aliphatic carbocycles. The van der Waals surface area contributed by atoms with Gasteiger partial charge in [-0.05, 0) is 116 Å². The molecule has 13 heteroatoms. The van der Waals surface area contributed by atoms with E-state index in [2.05, 4.69) is 29.7 Å². The number of rotatable bonds is 21. The van der Waals surface area contributed by atoms with Gasteiger partial charge < -0.3 is 38.9 Å². The van der Waals surface area contributed by atoms with Crippen molar-refractivity contribution in [1.29, 1.82) is 5.26 Å². The van der Waals surface area contributed by atoms with Crippen LogP contribution in [0.25, 0.3) is 0 Å². The van der Waals surface area contributed by atoms with Crippen LogP contribution in [0.1, 0.15) is 97.2 Å². The number of oxime groups is 1. The predicted octanol–water partition coefficient (Wildman–Crippen LogP) is 7.89. The highest BCUT2D eigenvalue weighted by molar-refractivity contribution is 6.03. The molecule has 3 aromatic carbocycles. The lowest BCUT2D eigenvalue weighted by Gasteiger charge is -2.60. The fourth-order valence-electron chi connectivity index (χ4n) is 10.2. The average Bonchev–Trinajstić information content (AvgIpc) is 4.16. The number of carbonyl (C=O) groups is 1. The average molecular weight is 877 g/mol. The molecule has 0 radical (unpaired) electrons. The molecule has 0 spiro atoms. The van der Waals surface area contributed by atoms with Gasteiger partial charge in [0.15, 0.2) is 0 Å². The molecule has 3 aliphatic heterocycles. The minimum absolute atomic E-state index is 0.0311. The van der Waals surface area contributed by atoms with Gasteiger partial charge in [-0.1, -0.05) is 42.3 Å². The van der Waals surface area contributed by atoms with Gasteiger partial charge in [0.1, 0.15) is 30.0 Å². The molecule has 3 aromatic rings. The molecule has 5 aliphatic rings. The normalized spacial score (nSPS) is 26.4. The SMILES string of the molecule is C=CCOC12Oc3ccc(OCCN4CC4)cc3C3C(CCCCO)C(CCCCO)C=C(C(=NOC4CCCCO4)CC1N(Cc1ccc(F)cc1)C(=O)c1ccc(C#N)cc1)C32. The van der Waals surface area contributed by atoms with Gasteiger partial charge in [-0.2, -0.15) is 5.26 Å². The molecular formula is C51H61FN4O8. The number of nitriles is 1. The van der Waals surface area contributed by atoms with E-state index in [0.717, 1.165) is 75.0 Å². The van der Waals surface area contributed by atoms with E-state index >= 15 is 4.79 Å². The third kappa shape index (κ3) is 10.2. The van der Waals surface area contributed by atoms with Gasteiger partial charge in [0.2, 0.25) is 12.1 Å². The van der Waals surface area contributed by atoms with Crippen LogP contribution in [0.2, 0.25) is 0 Å². The highest BCUT2D eigenvalue weighted by atomic mass is 19.1. The molecule has 3 fully saturated rings. The summed E-state index contributed by atoms with van der Waals surface area (Å²) in [5, 5.41) is 34.6. The summed E-state index contributed by atoms with van der Waals surface area (Å²) in [6, 6.07) is 20.0. The number of carbonyl (C=O) groups excluding carboxylic acids is 1. The molecule has 1 saturated carbocycles. The zero-order valence-corrected chi connectivity index (χ0v) is 36.6. The van der Waals surface area contributed by atoms with Crippen molar-refractivity contribution in [3.05, 3.63) is 119 Å². The number of hydrogen-bond donors (Lipinski definition) is 2. The summed E-state index contributed by atoms with van der Waals surface area (Å²) in [5.41, 5.74) is 4.02. The third-order valence-corrected chi connectivity index (χ3v) is 13.4. The van der Waals surface area contributed by atoms with Crippen LogP contribution in [-0.2, 0) is 20.9 Å². The van der Waals surface area contributed by atoms with Crippen molar-refractivity contribution in [1.82, 2.24) is 9.80 Å². The van der Waals surface area contributed by atoms with E-state index in [9.17, 15) is 19.9 Å². The molecule has 8 rings (SSSR count). The second-order valence-corrected chi connectivity index (χ2v) is 17.6. The van der Waals surface area contributed by atoms with Gasteiger partial charge in [-0.3, -0.25) is 9.69 Å². The van der Waals surface area contributed by atoms with Crippen molar-refractivity contribution in [3.63, 3.8) is 0 Å². The van der Waals surface area contributed by atoms with Crippen LogP contribution in [0.15, 0.2) is 96.2 Å². The van der Waals surface area contributed by atoms with Crippen LogP contribution < -0.4 is 9.47 Å². The van der Waals surface area contributed by atoms with Crippen molar-refractivity contribution in [2.24, 2.45) is 22.9 Å². The number of fused-ring (bicyclic) bond motifs is 2. The van der Waals surface area contributed by atoms with Crippen LogP contribution >= 0.6 is 0 Å². The van der Waals surface area contributed by atoms with Crippen LogP contribution in [0, 0.1) is 34.9 Å². The summed E-state index contributed by atoms with van der Waals surface area (Å²) in [6.07, 6.45) is 10.8. The number of unbranched alkanes of at least 4 members (excludes halogenated alkanes) is 2. The maximum Gasteiger partial charge on any atom is 0.254 e. The Hall–Kier alpha value is -5.10. The molecule has 12 nitrogen and oxygen atoms in total. The Labute approximate surface area is 375 Å². The van der Waals surface area contributed by atoms with Crippen LogP contribution in [0.4, 0.5) is 4.39 Å². The van der Waals surface area contributed by atoms with Gasteiger partial charge in [0.25, 0.3) is 5.91 Å². The minimum atomic E-state index is -1.51. The number of amides is 1. The number of halogens is 1. The molecule has 7 unspecified atom stereocenters. The molecule has 0 aromatic heterocycles. The van der Waals surface area contributed by atoms with Crippen LogP contribution in [0.5, 0.6) is 11.5 Å². The van der Waals surface area contributed by atoms with E-state index in [1.807, 2.05) is 12.1 Å². The number of ether oxygens (including phenoxy) is 4. The summed E-state index contributed by atoms with van der Waals surface area (Å²) in [6.45, 7) is 8.51. The quantitative estimate of drug-likeness (QED) is 0.0469. The number of aliphatic hydroxyl groups is 2. The van der Waals surface area contributed by atoms with Gasteiger partial charge in [0, 0.05) is 69.3 Å². The topological polar surface area (TPSA) is 146 Å². The first-order valence-electron chi connectivity index (χ1n) is 23.1. The summed E-state index contributed by atoms with van der Waals surface area (Å²) < 4.78 is 41.4. The Bertz CT molecular complexity index is 2170. The molecule has 2 N–H and O–H groups in total. The van der Waals surface area contributed by atoms with Crippen molar-refractivity contribution in [3.8, 4) is 17.6 Å². The number of benzene rings is 3.